The van der Waals surface area contributed by atoms with Crippen LogP contribution in [0.15, 0.2) is 41.8 Å². The van der Waals surface area contributed by atoms with E-state index >= 15 is 0 Å². The number of ether oxygens (including phenoxy) is 1. The van der Waals surface area contributed by atoms with E-state index in [1.165, 1.54) is 10.4 Å². The molecule has 0 saturated carbocycles. The van der Waals surface area contributed by atoms with E-state index in [-0.39, 0.29) is 5.91 Å². The third kappa shape index (κ3) is 4.53. The first kappa shape index (κ1) is 22.0. The van der Waals surface area contributed by atoms with Crippen molar-refractivity contribution in [3.05, 3.63) is 63.5 Å². The highest BCUT2D eigenvalue weighted by atomic mass is 32.1. The number of aryl methyl sites for hydroxylation is 4. The molecule has 0 radical (unpaired) electrons. The highest BCUT2D eigenvalue weighted by Gasteiger charge is 2.19. The lowest BCUT2D eigenvalue weighted by Gasteiger charge is -2.06. The zero-order valence-electron chi connectivity index (χ0n) is 18.9. The second-order valence-corrected chi connectivity index (χ2v) is 8.93. The van der Waals surface area contributed by atoms with Crippen molar-refractivity contribution in [1.82, 2.24) is 20.1 Å². The van der Waals surface area contributed by atoms with E-state index in [9.17, 15) is 4.79 Å². The van der Waals surface area contributed by atoms with E-state index < -0.39 is 0 Å². The molecule has 0 aliphatic heterocycles. The summed E-state index contributed by atoms with van der Waals surface area (Å²) in [6.45, 7) is 7.26. The zero-order valence-corrected chi connectivity index (χ0v) is 19.8. The molecule has 7 heteroatoms. The topological polar surface area (TPSA) is 69.0 Å². The molecule has 3 aromatic heterocycles. The molecule has 0 spiro atoms. The Balaban J connectivity index is 1.55. The first-order valence-corrected chi connectivity index (χ1v) is 11.6. The minimum Gasteiger partial charge on any atom is -0.496 e. The van der Waals surface area contributed by atoms with Crippen molar-refractivity contribution in [2.75, 3.05) is 13.7 Å². The van der Waals surface area contributed by atoms with Crippen LogP contribution in [0, 0.1) is 20.8 Å². The number of thiophene rings is 1. The standard InChI is InChI=1S/C25H28N4O2S/c1-16-11-14-32-21(16)9-12-26-22(30)10-13-29-25-23(17(2)15-18(3)27-25)24(28-29)19-7-5-6-8-20(19)31-4/h5-8,11,14-15H,9-10,12-13H2,1-4H3,(H,26,30). The summed E-state index contributed by atoms with van der Waals surface area (Å²) < 4.78 is 7.42. The lowest BCUT2D eigenvalue weighted by Crippen LogP contribution is -2.26. The minimum absolute atomic E-state index is 0.0195. The van der Waals surface area contributed by atoms with Gasteiger partial charge in [0.1, 0.15) is 11.4 Å². The Hall–Kier alpha value is -3.19. The van der Waals surface area contributed by atoms with Crippen LogP contribution < -0.4 is 10.1 Å². The molecular formula is C25H28N4O2S. The first-order chi connectivity index (χ1) is 15.5. The summed E-state index contributed by atoms with van der Waals surface area (Å²) in [7, 11) is 1.66. The van der Waals surface area contributed by atoms with Gasteiger partial charge in [0.2, 0.25) is 5.91 Å². The highest BCUT2D eigenvalue weighted by Crippen LogP contribution is 2.35. The lowest BCUT2D eigenvalue weighted by molar-refractivity contribution is -0.121. The highest BCUT2D eigenvalue weighted by molar-refractivity contribution is 7.10. The molecular weight excluding hydrogens is 420 g/mol. The van der Waals surface area contributed by atoms with Crippen molar-refractivity contribution in [2.45, 2.75) is 40.2 Å². The van der Waals surface area contributed by atoms with Crippen LogP contribution in [0.25, 0.3) is 22.3 Å². The summed E-state index contributed by atoms with van der Waals surface area (Å²) in [5.41, 5.74) is 5.87. The van der Waals surface area contributed by atoms with Gasteiger partial charge in [-0.1, -0.05) is 12.1 Å². The van der Waals surface area contributed by atoms with Crippen molar-refractivity contribution in [2.24, 2.45) is 0 Å². The Bertz CT molecular complexity index is 1260. The maximum absolute atomic E-state index is 12.5. The van der Waals surface area contributed by atoms with Crippen molar-refractivity contribution >= 4 is 28.3 Å². The van der Waals surface area contributed by atoms with Gasteiger partial charge in [0.15, 0.2) is 5.65 Å². The van der Waals surface area contributed by atoms with E-state index in [1.807, 2.05) is 35.9 Å². The summed E-state index contributed by atoms with van der Waals surface area (Å²) >= 11 is 1.74. The molecule has 1 N–H and O–H groups in total. The summed E-state index contributed by atoms with van der Waals surface area (Å²) in [5.74, 6) is 0.784. The molecule has 0 fully saturated rings. The van der Waals surface area contributed by atoms with Gasteiger partial charge < -0.3 is 10.1 Å². The average molecular weight is 449 g/mol. The van der Waals surface area contributed by atoms with Crippen molar-refractivity contribution in [3.63, 3.8) is 0 Å². The number of para-hydroxylation sites is 1. The van der Waals surface area contributed by atoms with Crippen LogP contribution in [0.3, 0.4) is 0 Å². The Kier molecular flexibility index (Phi) is 6.55. The molecule has 0 aliphatic carbocycles. The van der Waals surface area contributed by atoms with Gasteiger partial charge in [-0.3, -0.25) is 4.79 Å². The summed E-state index contributed by atoms with van der Waals surface area (Å²) in [6, 6.07) is 12.0. The fourth-order valence-electron chi connectivity index (χ4n) is 3.97. The smallest absolute Gasteiger partial charge is 0.221 e. The normalized spacial score (nSPS) is 11.1. The predicted molar refractivity (Wildman–Crippen MR) is 129 cm³/mol. The molecule has 4 aromatic rings. The molecule has 1 aromatic carbocycles. The van der Waals surface area contributed by atoms with Gasteiger partial charge in [-0.05, 0) is 68.0 Å². The van der Waals surface area contributed by atoms with Gasteiger partial charge in [0.25, 0.3) is 0 Å². The Morgan fingerprint density at radius 1 is 1.16 bits per heavy atom. The van der Waals surface area contributed by atoms with Crippen LogP contribution >= 0.6 is 11.3 Å². The molecule has 0 bridgehead atoms. The number of carbonyl (C=O) groups is 1. The van der Waals surface area contributed by atoms with E-state index in [4.69, 9.17) is 14.8 Å². The molecule has 6 nitrogen and oxygen atoms in total. The predicted octanol–water partition coefficient (Wildman–Crippen LogP) is 4.84. The number of benzene rings is 1. The van der Waals surface area contributed by atoms with Gasteiger partial charge in [-0.15, -0.1) is 11.3 Å². The number of amides is 1. The molecule has 1 amide bonds. The van der Waals surface area contributed by atoms with Crippen LogP contribution in [0.5, 0.6) is 5.75 Å². The quantitative estimate of drug-likeness (QED) is 0.419. The molecule has 32 heavy (non-hydrogen) atoms. The van der Waals surface area contributed by atoms with Crippen LogP contribution in [-0.2, 0) is 17.8 Å². The minimum atomic E-state index is 0.0195. The molecule has 3 heterocycles. The number of rotatable bonds is 8. The number of fused-ring (bicyclic) bond motifs is 1. The fraction of sp³-hybridized carbons (Fsp3) is 0.320. The zero-order chi connectivity index (χ0) is 22.7. The third-order valence-corrected chi connectivity index (χ3v) is 6.67. The van der Waals surface area contributed by atoms with Gasteiger partial charge in [0, 0.05) is 29.1 Å². The Morgan fingerprint density at radius 2 is 1.97 bits per heavy atom. The van der Waals surface area contributed by atoms with Gasteiger partial charge in [0.05, 0.1) is 19.0 Å². The van der Waals surface area contributed by atoms with E-state index in [2.05, 4.69) is 36.7 Å². The summed E-state index contributed by atoms with van der Waals surface area (Å²) in [4.78, 5) is 18.6. The summed E-state index contributed by atoms with van der Waals surface area (Å²) in [6.07, 6.45) is 1.21. The maximum atomic E-state index is 12.5. The van der Waals surface area contributed by atoms with E-state index in [0.717, 1.165) is 45.7 Å². The molecule has 0 aliphatic rings. The summed E-state index contributed by atoms with van der Waals surface area (Å²) in [5, 5.41) is 11.0. The van der Waals surface area contributed by atoms with Crippen molar-refractivity contribution < 1.29 is 9.53 Å². The van der Waals surface area contributed by atoms with Crippen LogP contribution in [-0.4, -0.2) is 34.3 Å². The third-order valence-electron chi connectivity index (χ3n) is 5.58. The molecule has 4 rings (SSSR count). The van der Waals surface area contributed by atoms with E-state index in [0.29, 0.717) is 19.5 Å². The Morgan fingerprint density at radius 3 is 2.72 bits per heavy atom. The van der Waals surface area contributed by atoms with Gasteiger partial charge >= 0.3 is 0 Å². The second-order valence-electron chi connectivity index (χ2n) is 7.93. The van der Waals surface area contributed by atoms with Gasteiger partial charge in [-0.2, -0.15) is 5.10 Å². The van der Waals surface area contributed by atoms with E-state index in [1.54, 1.807) is 18.4 Å². The molecule has 0 saturated heterocycles. The van der Waals surface area contributed by atoms with Gasteiger partial charge in [-0.25, -0.2) is 9.67 Å². The number of hydrogen-bond acceptors (Lipinski definition) is 5. The SMILES string of the molecule is COc1ccccc1-c1nn(CCC(=O)NCCc2sccc2C)c2nc(C)cc(C)c12. The van der Waals surface area contributed by atoms with Crippen LogP contribution in [0.1, 0.15) is 28.1 Å². The largest absolute Gasteiger partial charge is 0.496 e. The van der Waals surface area contributed by atoms with Crippen LogP contribution in [0.2, 0.25) is 0 Å². The molecule has 0 atom stereocenters. The second kappa shape index (κ2) is 9.53. The number of pyridine rings is 1. The van der Waals surface area contributed by atoms with Crippen LogP contribution in [0.4, 0.5) is 0 Å². The number of nitrogens with one attached hydrogen (secondary N) is 1. The Labute approximate surface area is 192 Å². The number of hydrogen-bond donors (Lipinski definition) is 1. The maximum Gasteiger partial charge on any atom is 0.221 e. The average Bonchev–Trinajstić information content (AvgIpc) is 3.35. The first-order valence-electron chi connectivity index (χ1n) is 10.8. The lowest BCUT2D eigenvalue weighted by atomic mass is 10.0. The number of methoxy groups -OCH3 is 1. The van der Waals surface area contributed by atoms with Crippen molar-refractivity contribution in [3.8, 4) is 17.0 Å². The molecule has 0 unspecified atom stereocenters. The fourth-order valence-corrected chi connectivity index (χ4v) is 4.88. The number of aromatic nitrogens is 3. The number of carbonyl (C=O) groups excluding carboxylic acids is 1. The monoisotopic (exact) mass is 448 g/mol. The molecule has 166 valence electrons. The van der Waals surface area contributed by atoms with Crippen molar-refractivity contribution in [1.29, 1.82) is 0 Å². The number of nitrogens with zero attached hydrogens (tertiary/aromatic N) is 3.